The standard InChI is InChI=1S/C24H21FN4O3.C23H24N6O2/c25-18-8-12-20(13-9-18)32-15-14-31-19-10-6-16(7-11-19)21-2-1-3-22-26-24(28-29(21)22)27-23(30)17-4-5-17;1-14-19(15(2)27-26-14)12-13-31-18-10-8-16(9-11-18)20-4-3-5-21-24-23(28-29(20)21)25-22(30)17-6-7-17/h1-3,6-13,17H,4-5,14-15H2,(H,27,28,30);3-5,8-11,17H,6-7,12-13H2,1-2H3,(H,26,27)(H,25,28,30). The maximum absolute atomic E-state index is 12.9. The second-order valence-electron chi connectivity index (χ2n) is 15.5. The average Bonchev–Trinajstić information content (AvgIpc) is 4.23. The van der Waals surface area contributed by atoms with Crippen molar-refractivity contribution in [2.24, 2.45) is 11.8 Å². The lowest BCUT2D eigenvalue weighted by Crippen LogP contribution is -2.14. The van der Waals surface area contributed by atoms with Crippen LogP contribution in [-0.2, 0) is 16.0 Å². The van der Waals surface area contributed by atoms with Gasteiger partial charge in [0.15, 0.2) is 11.3 Å². The monoisotopic (exact) mass is 848 g/mol. The van der Waals surface area contributed by atoms with Gasteiger partial charge in [0.25, 0.3) is 0 Å². The van der Waals surface area contributed by atoms with E-state index in [9.17, 15) is 14.0 Å². The summed E-state index contributed by atoms with van der Waals surface area (Å²) in [5.74, 6) is 2.66. The Balaban J connectivity index is 0.000000160. The number of anilines is 2. The molecule has 0 aliphatic heterocycles. The number of ether oxygens (including phenoxy) is 3. The van der Waals surface area contributed by atoms with Gasteiger partial charge in [0, 0.05) is 35.1 Å². The predicted molar refractivity (Wildman–Crippen MR) is 234 cm³/mol. The molecule has 2 amide bonds. The molecule has 5 heterocycles. The molecule has 0 radical (unpaired) electrons. The highest BCUT2D eigenvalue weighted by Gasteiger charge is 2.31. The lowest BCUT2D eigenvalue weighted by atomic mass is 10.1. The molecule has 2 aliphatic carbocycles. The summed E-state index contributed by atoms with van der Waals surface area (Å²) in [5.41, 5.74) is 8.34. The van der Waals surface area contributed by atoms with E-state index in [1.165, 1.54) is 17.7 Å². The van der Waals surface area contributed by atoms with Gasteiger partial charge >= 0.3 is 0 Å². The van der Waals surface area contributed by atoms with Gasteiger partial charge in [0.05, 0.1) is 23.7 Å². The molecule has 320 valence electrons. The molecule has 5 aromatic heterocycles. The minimum absolute atomic E-state index is 0.000217. The smallest absolute Gasteiger partial charge is 0.249 e. The maximum Gasteiger partial charge on any atom is 0.249 e. The van der Waals surface area contributed by atoms with Gasteiger partial charge in [0.1, 0.15) is 36.3 Å². The van der Waals surface area contributed by atoms with E-state index < -0.39 is 0 Å². The van der Waals surface area contributed by atoms with E-state index in [0.717, 1.165) is 71.8 Å². The van der Waals surface area contributed by atoms with Crippen molar-refractivity contribution in [2.45, 2.75) is 46.0 Å². The van der Waals surface area contributed by atoms with Crippen LogP contribution in [0.25, 0.3) is 33.8 Å². The molecular weight excluding hydrogens is 804 g/mol. The van der Waals surface area contributed by atoms with Crippen molar-refractivity contribution in [1.29, 1.82) is 0 Å². The van der Waals surface area contributed by atoms with Crippen LogP contribution in [0.3, 0.4) is 0 Å². The summed E-state index contributed by atoms with van der Waals surface area (Å²) in [6.45, 7) is 5.32. The Morgan fingerprint density at radius 1 is 0.635 bits per heavy atom. The zero-order valence-corrected chi connectivity index (χ0v) is 34.8. The first-order valence-electron chi connectivity index (χ1n) is 20.9. The zero-order valence-electron chi connectivity index (χ0n) is 34.8. The highest BCUT2D eigenvalue weighted by Crippen LogP contribution is 2.31. The van der Waals surface area contributed by atoms with Gasteiger partial charge in [-0.1, -0.05) is 12.1 Å². The molecule has 3 aromatic carbocycles. The molecule has 63 heavy (non-hydrogen) atoms. The molecule has 15 nitrogen and oxygen atoms in total. The van der Waals surface area contributed by atoms with Crippen LogP contribution in [0.2, 0.25) is 0 Å². The van der Waals surface area contributed by atoms with Crippen molar-refractivity contribution < 1.29 is 28.2 Å². The van der Waals surface area contributed by atoms with Crippen LogP contribution >= 0.6 is 0 Å². The lowest BCUT2D eigenvalue weighted by molar-refractivity contribution is -0.118. The van der Waals surface area contributed by atoms with Crippen molar-refractivity contribution >= 4 is 35.0 Å². The fraction of sp³-hybridized carbons (Fsp3) is 0.255. The maximum atomic E-state index is 12.9. The summed E-state index contributed by atoms with van der Waals surface area (Å²) in [6, 6.07) is 32.9. The number of aromatic amines is 1. The molecule has 0 bridgehead atoms. The highest BCUT2D eigenvalue weighted by molar-refractivity contribution is 5.93. The van der Waals surface area contributed by atoms with Crippen molar-refractivity contribution in [1.82, 2.24) is 39.4 Å². The number of pyridine rings is 2. The topological polar surface area (TPSA) is 175 Å². The van der Waals surface area contributed by atoms with E-state index in [0.29, 0.717) is 54.5 Å². The molecule has 16 heteroatoms. The summed E-state index contributed by atoms with van der Waals surface area (Å²) >= 11 is 0. The molecule has 2 aliphatic rings. The molecule has 8 aromatic rings. The first-order valence-corrected chi connectivity index (χ1v) is 20.9. The summed E-state index contributed by atoms with van der Waals surface area (Å²) in [5, 5.41) is 21.8. The molecule has 0 spiro atoms. The molecule has 0 saturated heterocycles. The van der Waals surface area contributed by atoms with Gasteiger partial charge in [-0.2, -0.15) is 15.1 Å². The van der Waals surface area contributed by atoms with Crippen LogP contribution in [0.4, 0.5) is 16.3 Å². The number of hydrogen-bond donors (Lipinski definition) is 3. The summed E-state index contributed by atoms with van der Waals surface area (Å²) < 4.78 is 33.6. The van der Waals surface area contributed by atoms with Crippen LogP contribution in [-0.4, -0.2) is 71.0 Å². The predicted octanol–water partition coefficient (Wildman–Crippen LogP) is 8.05. The number of carbonyl (C=O) groups is 2. The Morgan fingerprint density at radius 3 is 1.51 bits per heavy atom. The second kappa shape index (κ2) is 18.2. The third-order valence-electron chi connectivity index (χ3n) is 10.7. The largest absolute Gasteiger partial charge is 0.493 e. The fourth-order valence-corrected chi connectivity index (χ4v) is 6.98. The Kier molecular flexibility index (Phi) is 11.7. The van der Waals surface area contributed by atoms with Crippen molar-refractivity contribution in [3.63, 3.8) is 0 Å². The first kappa shape index (κ1) is 40.8. The van der Waals surface area contributed by atoms with Crippen LogP contribution < -0.4 is 24.8 Å². The number of H-pyrrole nitrogens is 1. The normalized spacial score (nSPS) is 13.3. The van der Waals surface area contributed by atoms with Gasteiger partial charge in [-0.05, 0) is 142 Å². The summed E-state index contributed by atoms with van der Waals surface area (Å²) in [6.07, 6.45) is 4.55. The van der Waals surface area contributed by atoms with E-state index in [4.69, 9.17) is 14.2 Å². The van der Waals surface area contributed by atoms with Crippen LogP contribution in [0.5, 0.6) is 17.2 Å². The zero-order chi connectivity index (χ0) is 43.3. The molecule has 0 atom stereocenters. The van der Waals surface area contributed by atoms with Gasteiger partial charge in [-0.15, -0.1) is 10.2 Å². The van der Waals surface area contributed by atoms with Gasteiger partial charge in [-0.25, -0.2) is 13.4 Å². The summed E-state index contributed by atoms with van der Waals surface area (Å²) in [4.78, 5) is 32.9. The Labute approximate surface area is 361 Å². The minimum Gasteiger partial charge on any atom is -0.493 e. The number of aryl methyl sites for hydroxylation is 2. The molecule has 0 unspecified atom stereocenters. The van der Waals surface area contributed by atoms with Gasteiger partial charge in [0.2, 0.25) is 23.7 Å². The van der Waals surface area contributed by atoms with Gasteiger partial charge < -0.3 is 14.2 Å². The Bertz CT molecular complexity index is 2850. The number of nitrogens with zero attached hydrogens (tertiary/aromatic N) is 7. The van der Waals surface area contributed by atoms with Crippen molar-refractivity contribution in [3.8, 4) is 39.8 Å². The van der Waals surface area contributed by atoms with Crippen LogP contribution in [0.1, 0.15) is 42.6 Å². The average molecular weight is 849 g/mol. The molecular formula is C47H45FN10O5. The van der Waals surface area contributed by atoms with E-state index in [2.05, 4.69) is 41.0 Å². The number of halogens is 1. The van der Waals surface area contributed by atoms with Gasteiger partial charge in [-0.3, -0.25) is 25.3 Å². The molecule has 10 rings (SSSR count). The number of carbonyl (C=O) groups excluding carboxylic acids is 2. The number of benzene rings is 3. The number of aromatic nitrogens is 8. The Morgan fingerprint density at radius 2 is 1.08 bits per heavy atom. The molecule has 2 fully saturated rings. The van der Waals surface area contributed by atoms with Crippen molar-refractivity contribution in [2.75, 3.05) is 30.5 Å². The van der Waals surface area contributed by atoms with Crippen LogP contribution in [0.15, 0.2) is 109 Å². The molecule has 3 N–H and O–H groups in total. The number of nitrogens with one attached hydrogen (secondary N) is 3. The van der Waals surface area contributed by atoms with E-state index in [1.54, 1.807) is 21.2 Å². The number of amides is 2. The second-order valence-corrected chi connectivity index (χ2v) is 15.5. The quantitative estimate of drug-likeness (QED) is 0.0857. The van der Waals surface area contributed by atoms with Crippen LogP contribution in [0, 0.1) is 31.5 Å². The Hall–Kier alpha value is -7.62. The first-order chi connectivity index (χ1) is 30.7. The molecule has 2 saturated carbocycles. The number of hydrogen-bond acceptors (Lipinski definition) is 10. The third kappa shape index (κ3) is 9.96. The number of rotatable bonds is 15. The highest BCUT2D eigenvalue weighted by atomic mass is 19.1. The third-order valence-corrected chi connectivity index (χ3v) is 10.7. The summed E-state index contributed by atoms with van der Waals surface area (Å²) in [7, 11) is 0. The lowest BCUT2D eigenvalue weighted by Gasteiger charge is -2.09. The minimum atomic E-state index is -0.297. The van der Waals surface area contributed by atoms with E-state index >= 15 is 0 Å². The van der Waals surface area contributed by atoms with E-state index in [-0.39, 0.29) is 29.5 Å². The fourth-order valence-electron chi connectivity index (χ4n) is 6.98. The number of fused-ring (bicyclic) bond motifs is 2. The van der Waals surface area contributed by atoms with Crippen molar-refractivity contribution in [3.05, 3.63) is 132 Å². The van der Waals surface area contributed by atoms with E-state index in [1.807, 2.05) is 98.8 Å². The SMILES string of the molecule is Cc1n[nH]c(C)c1CCOc1ccc(-c2cccc3nc(NC(=O)C4CC4)nn23)cc1.O=C(Nc1nc2cccc(-c3ccc(OCCOc4ccc(F)cc4)cc3)n2n1)C1CC1.